The lowest BCUT2D eigenvalue weighted by molar-refractivity contribution is 0.0147. The van der Waals surface area contributed by atoms with Gasteiger partial charge in [-0.1, -0.05) is 0 Å². The summed E-state index contributed by atoms with van der Waals surface area (Å²) in [6.45, 7) is 9.72. The molecule has 1 aliphatic heterocycles. The van der Waals surface area contributed by atoms with Crippen LogP contribution < -0.4 is 5.32 Å². The van der Waals surface area contributed by atoms with Crippen LogP contribution in [0, 0.1) is 0 Å². The summed E-state index contributed by atoms with van der Waals surface area (Å²) in [6.07, 6.45) is -0.678. The molecule has 1 fully saturated rings. The van der Waals surface area contributed by atoms with Gasteiger partial charge in [-0.2, -0.15) is 0 Å². The van der Waals surface area contributed by atoms with Crippen LogP contribution in [0.1, 0.15) is 20.8 Å². The number of ether oxygens (including phenoxy) is 2. The third kappa shape index (κ3) is 6.10. The van der Waals surface area contributed by atoms with Crippen molar-refractivity contribution in [3.8, 4) is 0 Å². The Morgan fingerprint density at radius 3 is 2.25 bits per heavy atom. The van der Waals surface area contributed by atoms with Crippen molar-refractivity contribution in [2.24, 2.45) is 0 Å². The van der Waals surface area contributed by atoms with Crippen molar-refractivity contribution >= 4 is 12.2 Å². The van der Waals surface area contributed by atoms with E-state index < -0.39 is 11.7 Å². The molecule has 1 rings (SSSR count). The highest BCUT2D eigenvalue weighted by Gasteiger charge is 2.25. The van der Waals surface area contributed by atoms with Gasteiger partial charge in [0.1, 0.15) is 5.60 Å². The number of rotatable bonds is 3. The molecule has 0 radical (unpaired) electrons. The Kier molecular flexibility index (Phi) is 6.06. The number of hydrogen-bond donors (Lipinski definition) is 1. The van der Waals surface area contributed by atoms with Crippen LogP contribution in [0.3, 0.4) is 0 Å². The van der Waals surface area contributed by atoms with Crippen molar-refractivity contribution in [3.05, 3.63) is 0 Å². The van der Waals surface area contributed by atoms with Gasteiger partial charge in [0.25, 0.3) is 0 Å². The van der Waals surface area contributed by atoms with Gasteiger partial charge in [0.05, 0.1) is 7.11 Å². The number of nitrogens with zero attached hydrogens (tertiary/aromatic N) is 2. The molecule has 0 aliphatic carbocycles. The van der Waals surface area contributed by atoms with E-state index in [4.69, 9.17) is 4.74 Å². The van der Waals surface area contributed by atoms with Crippen molar-refractivity contribution in [2.75, 3.05) is 46.4 Å². The van der Waals surface area contributed by atoms with Gasteiger partial charge in [-0.3, -0.25) is 4.90 Å². The Balaban J connectivity index is 2.23. The summed E-state index contributed by atoms with van der Waals surface area (Å²) >= 11 is 0. The molecule has 0 unspecified atom stereocenters. The van der Waals surface area contributed by atoms with Crippen LogP contribution in [0.4, 0.5) is 9.59 Å². The van der Waals surface area contributed by atoms with Gasteiger partial charge in [0.2, 0.25) is 0 Å². The standard InChI is InChI=1S/C13H25N3O4/c1-13(2,3)20-12(18)16-9-7-15(8-10-16)6-5-14-11(17)19-4/h5-10H2,1-4H3,(H,14,17). The number of carbonyl (C=O) groups is 2. The summed E-state index contributed by atoms with van der Waals surface area (Å²) in [7, 11) is 1.34. The van der Waals surface area contributed by atoms with E-state index in [1.807, 2.05) is 20.8 Å². The first-order chi connectivity index (χ1) is 9.31. The molecule has 0 aromatic heterocycles. The van der Waals surface area contributed by atoms with Crippen molar-refractivity contribution in [3.63, 3.8) is 0 Å². The Hall–Kier alpha value is -1.50. The molecule has 1 heterocycles. The molecular weight excluding hydrogens is 262 g/mol. The second-order valence-corrected chi connectivity index (χ2v) is 5.73. The number of piperazine rings is 1. The highest BCUT2D eigenvalue weighted by Crippen LogP contribution is 2.11. The second-order valence-electron chi connectivity index (χ2n) is 5.73. The van der Waals surface area contributed by atoms with E-state index >= 15 is 0 Å². The van der Waals surface area contributed by atoms with E-state index in [9.17, 15) is 9.59 Å². The molecule has 116 valence electrons. The van der Waals surface area contributed by atoms with Crippen molar-refractivity contribution < 1.29 is 19.1 Å². The average Bonchev–Trinajstić information content (AvgIpc) is 2.37. The first-order valence-corrected chi connectivity index (χ1v) is 6.84. The molecule has 1 saturated heterocycles. The normalized spacial score (nSPS) is 16.7. The van der Waals surface area contributed by atoms with Gasteiger partial charge >= 0.3 is 12.2 Å². The van der Waals surface area contributed by atoms with Crippen LogP contribution in [-0.2, 0) is 9.47 Å². The summed E-state index contributed by atoms with van der Waals surface area (Å²) in [5, 5.41) is 2.64. The number of methoxy groups -OCH3 is 1. The largest absolute Gasteiger partial charge is 0.453 e. The van der Waals surface area contributed by atoms with Crippen LogP contribution in [-0.4, -0.2) is 74.0 Å². The summed E-state index contributed by atoms with van der Waals surface area (Å²) < 4.78 is 9.83. The minimum absolute atomic E-state index is 0.259. The zero-order chi connectivity index (χ0) is 15.2. The molecule has 0 aromatic carbocycles. The number of carbonyl (C=O) groups excluding carboxylic acids is 2. The van der Waals surface area contributed by atoms with Crippen LogP contribution in [0.15, 0.2) is 0 Å². The lowest BCUT2D eigenvalue weighted by atomic mass is 10.2. The van der Waals surface area contributed by atoms with E-state index in [0.29, 0.717) is 19.6 Å². The summed E-state index contributed by atoms with van der Waals surface area (Å²) in [5.41, 5.74) is -0.460. The van der Waals surface area contributed by atoms with E-state index in [1.165, 1.54) is 7.11 Å². The quantitative estimate of drug-likeness (QED) is 0.835. The van der Waals surface area contributed by atoms with E-state index in [-0.39, 0.29) is 6.09 Å². The molecule has 0 saturated carbocycles. The lowest BCUT2D eigenvalue weighted by Crippen LogP contribution is -2.51. The Labute approximate surface area is 120 Å². The SMILES string of the molecule is COC(=O)NCCN1CCN(C(=O)OC(C)(C)C)CC1. The fourth-order valence-corrected chi connectivity index (χ4v) is 1.87. The predicted octanol–water partition coefficient (Wildman–Crippen LogP) is 0.895. The number of nitrogens with one attached hydrogen (secondary N) is 1. The average molecular weight is 287 g/mol. The molecule has 20 heavy (non-hydrogen) atoms. The Morgan fingerprint density at radius 1 is 1.15 bits per heavy atom. The van der Waals surface area contributed by atoms with Crippen molar-refractivity contribution in [1.29, 1.82) is 0 Å². The topological polar surface area (TPSA) is 71.1 Å². The van der Waals surface area contributed by atoms with Crippen LogP contribution in [0.25, 0.3) is 0 Å². The smallest absolute Gasteiger partial charge is 0.410 e. The van der Waals surface area contributed by atoms with Crippen LogP contribution >= 0.6 is 0 Å². The maximum Gasteiger partial charge on any atom is 0.410 e. The van der Waals surface area contributed by atoms with Crippen molar-refractivity contribution in [2.45, 2.75) is 26.4 Å². The van der Waals surface area contributed by atoms with Gasteiger partial charge in [-0.25, -0.2) is 9.59 Å². The number of hydrogen-bond acceptors (Lipinski definition) is 5. The van der Waals surface area contributed by atoms with Crippen LogP contribution in [0.5, 0.6) is 0 Å². The number of amides is 2. The molecular formula is C13H25N3O4. The van der Waals surface area contributed by atoms with Crippen LogP contribution in [0.2, 0.25) is 0 Å². The molecule has 0 atom stereocenters. The minimum atomic E-state index is -0.460. The summed E-state index contributed by atoms with van der Waals surface area (Å²) in [6, 6.07) is 0. The Morgan fingerprint density at radius 2 is 1.75 bits per heavy atom. The Bertz CT molecular complexity index is 333. The van der Waals surface area contributed by atoms with Gasteiger partial charge < -0.3 is 19.7 Å². The van der Waals surface area contributed by atoms with Gasteiger partial charge in [-0.15, -0.1) is 0 Å². The molecule has 7 heteroatoms. The van der Waals surface area contributed by atoms with E-state index in [2.05, 4.69) is 15.0 Å². The van der Waals surface area contributed by atoms with Crippen molar-refractivity contribution in [1.82, 2.24) is 15.1 Å². The first-order valence-electron chi connectivity index (χ1n) is 6.84. The molecule has 0 spiro atoms. The molecule has 1 N–H and O–H groups in total. The zero-order valence-electron chi connectivity index (χ0n) is 12.8. The second kappa shape index (κ2) is 7.33. The molecule has 2 amide bonds. The first kappa shape index (κ1) is 16.6. The third-order valence-corrected chi connectivity index (χ3v) is 2.91. The summed E-state index contributed by atoms with van der Waals surface area (Å²) in [5.74, 6) is 0. The number of alkyl carbamates (subject to hydrolysis) is 1. The molecule has 0 aromatic rings. The monoisotopic (exact) mass is 287 g/mol. The summed E-state index contributed by atoms with van der Waals surface area (Å²) in [4.78, 5) is 26.7. The maximum atomic E-state index is 11.9. The highest BCUT2D eigenvalue weighted by molar-refractivity contribution is 5.68. The van der Waals surface area contributed by atoms with Gasteiger partial charge in [0.15, 0.2) is 0 Å². The minimum Gasteiger partial charge on any atom is -0.453 e. The molecule has 0 bridgehead atoms. The molecule has 7 nitrogen and oxygen atoms in total. The zero-order valence-corrected chi connectivity index (χ0v) is 12.8. The van der Waals surface area contributed by atoms with Gasteiger partial charge in [0, 0.05) is 39.3 Å². The fourth-order valence-electron chi connectivity index (χ4n) is 1.87. The highest BCUT2D eigenvalue weighted by atomic mass is 16.6. The van der Waals surface area contributed by atoms with E-state index in [1.54, 1.807) is 4.90 Å². The predicted molar refractivity (Wildman–Crippen MR) is 74.7 cm³/mol. The molecule has 1 aliphatic rings. The van der Waals surface area contributed by atoms with Gasteiger partial charge in [-0.05, 0) is 20.8 Å². The fraction of sp³-hybridized carbons (Fsp3) is 0.846. The van der Waals surface area contributed by atoms with E-state index in [0.717, 1.165) is 19.6 Å². The maximum absolute atomic E-state index is 11.9. The third-order valence-electron chi connectivity index (χ3n) is 2.91. The lowest BCUT2D eigenvalue weighted by Gasteiger charge is -2.35.